The van der Waals surface area contributed by atoms with Gasteiger partial charge in [0, 0.05) is 19.2 Å². The van der Waals surface area contributed by atoms with Gasteiger partial charge in [0.2, 0.25) is 15.9 Å². The average molecular weight is 328 g/mol. The van der Waals surface area contributed by atoms with Gasteiger partial charge in [-0.05, 0) is 25.0 Å². The lowest BCUT2D eigenvalue weighted by Gasteiger charge is -2.30. The van der Waals surface area contributed by atoms with Crippen LogP contribution in [0.1, 0.15) is 12.8 Å². The number of carbonyl (C=O) groups excluding carboxylic acids is 1. The molecule has 1 aromatic rings. The Hall–Kier alpha value is -1.80. The van der Waals surface area contributed by atoms with E-state index in [-0.39, 0.29) is 11.4 Å². The summed E-state index contributed by atoms with van der Waals surface area (Å²) >= 11 is 0. The number of hydrogen-bond acceptors (Lipinski definition) is 5. The molecule has 8 heteroatoms. The summed E-state index contributed by atoms with van der Waals surface area (Å²) in [7, 11) is -0.773. The summed E-state index contributed by atoms with van der Waals surface area (Å²) in [6.45, 7) is 0.493. The lowest BCUT2D eigenvalue weighted by molar-refractivity contribution is -0.122. The first-order valence-electron chi connectivity index (χ1n) is 6.91. The first-order chi connectivity index (χ1) is 10.4. The molecule has 0 spiro atoms. The summed E-state index contributed by atoms with van der Waals surface area (Å²) in [6, 6.07) is 4.42. The molecule has 7 nitrogen and oxygen atoms in total. The summed E-state index contributed by atoms with van der Waals surface area (Å²) in [5.74, 6) is -0.113. The smallest absolute Gasteiger partial charge is 0.243 e. The van der Waals surface area contributed by atoms with Crippen LogP contribution >= 0.6 is 0 Å². The Kier molecular flexibility index (Phi) is 4.92. The number of methoxy groups -OCH3 is 2. The Labute approximate surface area is 130 Å². The van der Waals surface area contributed by atoms with Crippen LogP contribution in [0.3, 0.4) is 0 Å². The van der Waals surface area contributed by atoms with E-state index < -0.39 is 21.8 Å². The molecule has 1 heterocycles. The first kappa shape index (κ1) is 16.6. The van der Waals surface area contributed by atoms with Crippen molar-refractivity contribution in [1.82, 2.24) is 4.31 Å². The van der Waals surface area contributed by atoms with Crippen molar-refractivity contribution in [3.05, 3.63) is 18.2 Å². The number of benzene rings is 1. The molecule has 0 aliphatic carbocycles. The van der Waals surface area contributed by atoms with E-state index in [1.54, 1.807) is 6.07 Å². The first-order valence-corrected chi connectivity index (χ1v) is 8.35. The number of hydrogen-bond donors (Lipinski definition) is 1. The number of sulfonamides is 1. The van der Waals surface area contributed by atoms with Crippen molar-refractivity contribution in [2.24, 2.45) is 11.7 Å². The molecule has 1 saturated heterocycles. The predicted molar refractivity (Wildman–Crippen MR) is 80.2 cm³/mol. The molecule has 0 radical (unpaired) electrons. The van der Waals surface area contributed by atoms with Crippen molar-refractivity contribution in [3.8, 4) is 11.5 Å². The summed E-state index contributed by atoms with van der Waals surface area (Å²) in [4.78, 5) is 11.4. The molecule has 1 fully saturated rings. The maximum Gasteiger partial charge on any atom is 0.243 e. The molecule has 0 unspecified atom stereocenters. The van der Waals surface area contributed by atoms with Gasteiger partial charge in [0.05, 0.1) is 25.0 Å². The highest BCUT2D eigenvalue weighted by atomic mass is 32.2. The van der Waals surface area contributed by atoms with Crippen LogP contribution in [0.2, 0.25) is 0 Å². The molecule has 1 aliphatic heterocycles. The predicted octanol–water partition coefficient (Wildman–Crippen LogP) is 0.590. The standard InChI is InChI=1S/C14H20N2O5S/c1-20-12-6-5-11(8-13(12)21-2)22(18,19)16-7-3-4-10(9-16)14(15)17/h5-6,8,10H,3-4,7,9H2,1-2H3,(H2,15,17)/t10-/m0/s1. The SMILES string of the molecule is COc1ccc(S(=O)(=O)N2CCC[C@H](C(N)=O)C2)cc1OC. The van der Waals surface area contributed by atoms with Crippen LogP contribution in [-0.2, 0) is 14.8 Å². The van der Waals surface area contributed by atoms with Crippen LogP contribution < -0.4 is 15.2 Å². The fraction of sp³-hybridized carbons (Fsp3) is 0.500. The third kappa shape index (κ3) is 3.17. The fourth-order valence-corrected chi connectivity index (χ4v) is 4.06. The quantitative estimate of drug-likeness (QED) is 0.853. The van der Waals surface area contributed by atoms with Gasteiger partial charge in [-0.2, -0.15) is 4.31 Å². The zero-order valence-corrected chi connectivity index (χ0v) is 13.4. The number of piperidine rings is 1. The van der Waals surface area contributed by atoms with Crippen LogP contribution in [0, 0.1) is 5.92 Å². The number of nitrogens with zero attached hydrogens (tertiary/aromatic N) is 1. The van der Waals surface area contributed by atoms with Gasteiger partial charge in [0.15, 0.2) is 11.5 Å². The van der Waals surface area contributed by atoms with Gasteiger partial charge >= 0.3 is 0 Å². The van der Waals surface area contributed by atoms with Gasteiger partial charge in [0.1, 0.15) is 0 Å². The van der Waals surface area contributed by atoms with E-state index in [9.17, 15) is 13.2 Å². The maximum atomic E-state index is 12.7. The van der Waals surface area contributed by atoms with Crippen LogP contribution in [0.25, 0.3) is 0 Å². The molecule has 2 rings (SSSR count). The van der Waals surface area contributed by atoms with Crippen molar-refractivity contribution in [1.29, 1.82) is 0 Å². The average Bonchev–Trinajstić information content (AvgIpc) is 2.54. The van der Waals surface area contributed by atoms with Crippen molar-refractivity contribution in [3.63, 3.8) is 0 Å². The van der Waals surface area contributed by atoms with E-state index in [2.05, 4.69) is 0 Å². The summed E-state index contributed by atoms with van der Waals surface area (Å²) in [6.07, 6.45) is 1.23. The molecule has 122 valence electrons. The Morgan fingerprint density at radius 2 is 1.95 bits per heavy atom. The van der Waals surface area contributed by atoms with Crippen molar-refractivity contribution in [2.75, 3.05) is 27.3 Å². The molecule has 1 aromatic carbocycles. The van der Waals surface area contributed by atoms with Gasteiger partial charge in [-0.3, -0.25) is 4.79 Å². The molecule has 2 N–H and O–H groups in total. The fourth-order valence-electron chi connectivity index (χ4n) is 2.52. The van der Waals surface area contributed by atoms with E-state index in [1.807, 2.05) is 0 Å². The van der Waals surface area contributed by atoms with E-state index in [1.165, 1.54) is 30.7 Å². The van der Waals surface area contributed by atoms with E-state index in [0.717, 1.165) is 0 Å². The Morgan fingerprint density at radius 1 is 1.27 bits per heavy atom. The van der Waals surface area contributed by atoms with E-state index >= 15 is 0 Å². The normalized spacial score (nSPS) is 19.6. The summed E-state index contributed by atoms with van der Waals surface area (Å²) in [5.41, 5.74) is 5.30. The second-order valence-electron chi connectivity index (χ2n) is 5.12. The lowest BCUT2D eigenvalue weighted by Crippen LogP contribution is -2.44. The maximum absolute atomic E-state index is 12.7. The topological polar surface area (TPSA) is 98.9 Å². The minimum Gasteiger partial charge on any atom is -0.493 e. The monoisotopic (exact) mass is 328 g/mol. The molecule has 22 heavy (non-hydrogen) atoms. The van der Waals surface area contributed by atoms with Crippen LogP contribution in [0.5, 0.6) is 11.5 Å². The molecule has 0 aromatic heterocycles. The number of nitrogens with two attached hydrogens (primary N) is 1. The molecular formula is C14H20N2O5S. The molecule has 0 saturated carbocycles. The van der Waals surface area contributed by atoms with Gasteiger partial charge in [-0.25, -0.2) is 8.42 Å². The third-order valence-corrected chi connectivity index (χ3v) is 5.64. The molecule has 1 aliphatic rings. The Bertz CT molecular complexity index is 659. The number of primary amides is 1. The minimum atomic E-state index is -3.70. The highest BCUT2D eigenvalue weighted by Crippen LogP contribution is 2.31. The van der Waals surface area contributed by atoms with E-state index in [4.69, 9.17) is 15.2 Å². The largest absolute Gasteiger partial charge is 0.493 e. The Morgan fingerprint density at radius 3 is 2.55 bits per heavy atom. The van der Waals surface area contributed by atoms with E-state index in [0.29, 0.717) is 30.9 Å². The van der Waals surface area contributed by atoms with Crippen LogP contribution in [0.4, 0.5) is 0 Å². The highest BCUT2D eigenvalue weighted by Gasteiger charge is 2.32. The van der Waals surface area contributed by atoms with Crippen molar-refractivity contribution < 1.29 is 22.7 Å². The zero-order chi connectivity index (χ0) is 16.3. The number of carbonyl (C=O) groups is 1. The van der Waals surface area contributed by atoms with Crippen molar-refractivity contribution >= 4 is 15.9 Å². The molecule has 1 amide bonds. The molecule has 0 bridgehead atoms. The van der Waals surface area contributed by atoms with Crippen LogP contribution in [-0.4, -0.2) is 45.9 Å². The number of ether oxygens (including phenoxy) is 2. The molecular weight excluding hydrogens is 308 g/mol. The summed E-state index contributed by atoms with van der Waals surface area (Å²) < 4.78 is 36.9. The second kappa shape index (κ2) is 6.53. The lowest BCUT2D eigenvalue weighted by atomic mass is 9.99. The highest BCUT2D eigenvalue weighted by molar-refractivity contribution is 7.89. The number of amides is 1. The third-order valence-electron chi connectivity index (χ3n) is 3.78. The van der Waals surface area contributed by atoms with Gasteiger partial charge < -0.3 is 15.2 Å². The Balaban J connectivity index is 2.32. The molecule has 1 atom stereocenters. The zero-order valence-electron chi connectivity index (χ0n) is 12.6. The second-order valence-corrected chi connectivity index (χ2v) is 7.06. The van der Waals surface area contributed by atoms with Gasteiger partial charge in [-0.1, -0.05) is 0 Å². The number of rotatable bonds is 5. The summed E-state index contributed by atoms with van der Waals surface area (Å²) in [5, 5.41) is 0. The van der Waals surface area contributed by atoms with Gasteiger partial charge in [-0.15, -0.1) is 0 Å². The van der Waals surface area contributed by atoms with Crippen LogP contribution in [0.15, 0.2) is 23.1 Å². The van der Waals surface area contributed by atoms with Crippen molar-refractivity contribution in [2.45, 2.75) is 17.7 Å². The van der Waals surface area contributed by atoms with Gasteiger partial charge in [0.25, 0.3) is 0 Å². The minimum absolute atomic E-state index is 0.107.